The van der Waals surface area contributed by atoms with E-state index in [9.17, 15) is 9.59 Å². The van der Waals surface area contributed by atoms with Crippen LogP contribution in [0, 0.1) is 0 Å². The molecule has 3 nitrogen and oxygen atoms in total. The molecule has 0 aromatic heterocycles. The number of fused-ring (bicyclic) bond motifs is 2. The van der Waals surface area contributed by atoms with Gasteiger partial charge in [0.05, 0.1) is 0 Å². The van der Waals surface area contributed by atoms with Crippen LogP contribution in [0.3, 0.4) is 0 Å². The molecule has 0 fully saturated rings. The summed E-state index contributed by atoms with van der Waals surface area (Å²) in [6.45, 7) is 3.85. The number of esters is 1. The van der Waals surface area contributed by atoms with E-state index in [1.165, 1.54) is 0 Å². The molecule has 122 valence electrons. The predicted octanol–water partition coefficient (Wildman–Crippen LogP) is 4.67. The molecule has 0 aliphatic carbocycles. The number of ether oxygens (including phenoxy) is 1. The Balaban J connectivity index is 1.67. The van der Waals surface area contributed by atoms with Crippen LogP contribution < -0.4 is 4.74 Å². The summed E-state index contributed by atoms with van der Waals surface area (Å²) < 4.78 is 5.27. The number of rotatable bonds is 3. The van der Waals surface area contributed by atoms with Gasteiger partial charge in [0, 0.05) is 29.0 Å². The molecule has 1 aliphatic heterocycles. The van der Waals surface area contributed by atoms with Gasteiger partial charge in [-0.1, -0.05) is 61.2 Å². The zero-order valence-corrected chi connectivity index (χ0v) is 13.6. The van der Waals surface area contributed by atoms with E-state index >= 15 is 0 Å². The van der Waals surface area contributed by atoms with Gasteiger partial charge in [-0.3, -0.25) is 4.79 Å². The fraction of sp³-hybridized carbons (Fsp3) is 0.0909. The summed E-state index contributed by atoms with van der Waals surface area (Å²) in [5, 5.41) is 2.12. The molecular formula is C22H16O3. The molecule has 0 unspecified atom stereocenters. The predicted molar refractivity (Wildman–Crippen MR) is 96.9 cm³/mol. The van der Waals surface area contributed by atoms with Gasteiger partial charge >= 0.3 is 5.97 Å². The van der Waals surface area contributed by atoms with Crippen LogP contribution in [0.15, 0.2) is 78.9 Å². The van der Waals surface area contributed by atoms with Crippen molar-refractivity contribution in [3.63, 3.8) is 0 Å². The Morgan fingerprint density at radius 1 is 0.960 bits per heavy atom. The van der Waals surface area contributed by atoms with E-state index in [4.69, 9.17) is 4.74 Å². The van der Waals surface area contributed by atoms with Gasteiger partial charge in [-0.2, -0.15) is 0 Å². The molecule has 3 heteroatoms. The van der Waals surface area contributed by atoms with Crippen LogP contribution in [-0.2, 0) is 4.79 Å². The SMILES string of the molecule is C=C1C(=O)Oc2ccccc2[C@@H]1CC(=O)c1ccc2ccccc2c1. The second-order valence-corrected chi connectivity index (χ2v) is 6.19. The van der Waals surface area contributed by atoms with Crippen molar-refractivity contribution >= 4 is 22.5 Å². The summed E-state index contributed by atoms with van der Waals surface area (Å²) in [5.74, 6) is -0.316. The summed E-state index contributed by atoms with van der Waals surface area (Å²) >= 11 is 0. The van der Waals surface area contributed by atoms with Crippen LogP contribution in [0.25, 0.3) is 10.8 Å². The van der Waals surface area contributed by atoms with Crippen LogP contribution in [0.4, 0.5) is 0 Å². The van der Waals surface area contributed by atoms with Crippen molar-refractivity contribution in [2.24, 2.45) is 0 Å². The summed E-state index contributed by atoms with van der Waals surface area (Å²) in [6, 6.07) is 20.9. The summed E-state index contributed by atoms with van der Waals surface area (Å²) in [6.07, 6.45) is 0.198. The smallest absolute Gasteiger partial charge is 0.339 e. The van der Waals surface area contributed by atoms with Gasteiger partial charge in [-0.15, -0.1) is 0 Å². The van der Waals surface area contributed by atoms with Crippen molar-refractivity contribution in [2.45, 2.75) is 12.3 Å². The third-order valence-electron chi connectivity index (χ3n) is 4.64. The number of hydrogen-bond acceptors (Lipinski definition) is 3. The number of benzene rings is 3. The fourth-order valence-corrected chi connectivity index (χ4v) is 3.26. The molecular weight excluding hydrogens is 312 g/mol. The van der Waals surface area contributed by atoms with E-state index < -0.39 is 5.97 Å². The maximum atomic E-state index is 12.8. The molecule has 0 spiro atoms. The molecule has 0 N–H and O–H groups in total. The van der Waals surface area contributed by atoms with Crippen molar-refractivity contribution in [3.8, 4) is 5.75 Å². The quantitative estimate of drug-likeness (QED) is 0.304. The van der Waals surface area contributed by atoms with E-state index in [1.54, 1.807) is 6.07 Å². The number of hydrogen-bond donors (Lipinski definition) is 0. The van der Waals surface area contributed by atoms with E-state index in [1.807, 2.05) is 60.7 Å². The van der Waals surface area contributed by atoms with E-state index in [0.29, 0.717) is 16.9 Å². The zero-order valence-electron chi connectivity index (χ0n) is 13.6. The summed E-state index contributed by atoms with van der Waals surface area (Å²) in [7, 11) is 0. The van der Waals surface area contributed by atoms with Gasteiger partial charge < -0.3 is 4.74 Å². The maximum absolute atomic E-state index is 12.8. The average molecular weight is 328 g/mol. The number of para-hydroxylation sites is 1. The number of carbonyl (C=O) groups is 2. The van der Waals surface area contributed by atoms with Gasteiger partial charge in [0.15, 0.2) is 5.78 Å². The first-order valence-corrected chi connectivity index (χ1v) is 8.15. The Bertz CT molecular complexity index is 1020. The van der Waals surface area contributed by atoms with Crippen LogP contribution in [0.1, 0.15) is 28.3 Å². The van der Waals surface area contributed by atoms with Crippen molar-refractivity contribution in [3.05, 3.63) is 90.0 Å². The highest BCUT2D eigenvalue weighted by Gasteiger charge is 2.32. The third-order valence-corrected chi connectivity index (χ3v) is 4.64. The van der Waals surface area contributed by atoms with E-state index in [2.05, 4.69) is 6.58 Å². The number of Topliss-reactive ketones (excluding diaryl/α,β-unsaturated/α-hetero) is 1. The van der Waals surface area contributed by atoms with Crippen molar-refractivity contribution in [1.82, 2.24) is 0 Å². The van der Waals surface area contributed by atoms with Gasteiger partial charge in [-0.05, 0) is 22.9 Å². The Morgan fingerprint density at radius 2 is 1.68 bits per heavy atom. The lowest BCUT2D eigenvalue weighted by molar-refractivity contribution is -0.131. The molecule has 0 bridgehead atoms. The minimum atomic E-state index is -0.463. The van der Waals surface area contributed by atoms with Crippen molar-refractivity contribution in [1.29, 1.82) is 0 Å². The van der Waals surface area contributed by atoms with Crippen molar-refractivity contribution < 1.29 is 14.3 Å². The Kier molecular flexibility index (Phi) is 3.69. The molecule has 0 radical (unpaired) electrons. The highest BCUT2D eigenvalue weighted by molar-refractivity contribution is 6.02. The molecule has 0 saturated carbocycles. The fourth-order valence-electron chi connectivity index (χ4n) is 3.26. The molecule has 1 heterocycles. The summed E-state index contributed by atoms with van der Waals surface area (Å²) in [4.78, 5) is 24.9. The molecule has 0 amide bonds. The zero-order chi connectivity index (χ0) is 17.4. The Morgan fingerprint density at radius 3 is 2.52 bits per heavy atom. The van der Waals surface area contributed by atoms with Crippen LogP contribution in [0.2, 0.25) is 0 Å². The molecule has 3 aromatic carbocycles. The lowest BCUT2D eigenvalue weighted by atomic mass is 9.84. The van der Waals surface area contributed by atoms with Gasteiger partial charge in [0.1, 0.15) is 5.75 Å². The first-order valence-electron chi connectivity index (χ1n) is 8.15. The van der Waals surface area contributed by atoms with Gasteiger partial charge in [-0.25, -0.2) is 4.79 Å². The van der Waals surface area contributed by atoms with E-state index in [-0.39, 0.29) is 18.1 Å². The first-order chi connectivity index (χ1) is 12.1. The number of ketones is 1. The van der Waals surface area contributed by atoms with Gasteiger partial charge in [0.25, 0.3) is 0 Å². The van der Waals surface area contributed by atoms with E-state index in [0.717, 1.165) is 16.3 Å². The lowest BCUT2D eigenvalue weighted by Crippen LogP contribution is -2.24. The summed E-state index contributed by atoms with van der Waals surface area (Å²) in [5.41, 5.74) is 1.80. The second kappa shape index (κ2) is 6.02. The maximum Gasteiger partial charge on any atom is 0.339 e. The monoisotopic (exact) mass is 328 g/mol. The lowest BCUT2D eigenvalue weighted by Gasteiger charge is -2.25. The standard InChI is InChI=1S/C22H16O3/c1-14-19(18-8-4-5-9-21(18)25-22(14)24)13-20(23)17-11-10-15-6-2-3-7-16(15)12-17/h2-12,19H,1,13H2/t19-/m1/s1. The minimum Gasteiger partial charge on any atom is -0.423 e. The van der Waals surface area contributed by atoms with Crippen molar-refractivity contribution in [2.75, 3.05) is 0 Å². The van der Waals surface area contributed by atoms with Crippen LogP contribution in [0.5, 0.6) is 5.75 Å². The average Bonchev–Trinajstić information content (AvgIpc) is 2.65. The Labute approximate surface area is 145 Å². The normalized spacial score (nSPS) is 16.4. The molecule has 4 rings (SSSR count). The number of carbonyl (C=O) groups excluding carboxylic acids is 2. The topological polar surface area (TPSA) is 43.4 Å². The minimum absolute atomic E-state index is 0.0126. The second-order valence-electron chi connectivity index (χ2n) is 6.19. The molecule has 0 saturated heterocycles. The first kappa shape index (κ1) is 15.3. The molecule has 3 aromatic rings. The highest BCUT2D eigenvalue weighted by atomic mass is 16.5. The Hall–Kier alpha value is -3.20. The van der Waals surface area contributed by atoms with Crippen LogP contribution in [-0.4, -0.2) is 11.8 Å². The van der Waals surface area contributed by atoms with Crippen LogP contribution >= 0.6 is 0 Å². The van der Waals surface area contributed by atoms with Gasteiger partial charge in [0.2, 0.25) is 0 Å². The third kappa shape index (κ3) is 2.74. The molecule has 25 heavy (non-hydrogen) atoms. The largest absolute Gasteiger partial charge is 0.423 e. The molecule has 1 atom stereocenters. The highest BCUT2D eigenvalue weighted by Crippen LogP contribution is 2.39. The molecule has 1 aliphatic rings.